The summed E-state index contributed by atoms with van der Waals surface area (Å²) in [6.07, 6.45) is 3.26. The number of ether oxygens (including phenoxy) is 3. The van der Waals surface area contributed by atoms with Crippen molar-refractivity contribution in [3.8, 4) is 11.5 Å². The zero-order chi connectivity index (χ0) is 15.7. The van der Waals surface area contributed by atoms with Crippen LogP contribution in [0.15, 0.2) is 12.1 Å². The van der Waals surface area contributed by atoms with E-state index in [1.165, 1.54) is 24.0 Å². The molecule has 0 spiro atoms. The van der Waals surface area contributed by atoms with Gasteiger partial charge in [0.15, 0.2) is 0 Å². The van der Waals surface area contributed by atoms with Gasteiger partial charge in [-0.15, -0.1) is 0 Å². The second kappa shape index (κ2) is 6.47. The first-order chi connectivity index (χ1) is 10.6. The Morgan fingerprint density at radius 2 is 1.82 bits per heavy atom. The molecule has 122 valence electrons. The molecular formula is C18H27NO3. The number of morpholine rings is 1. The van der Waals surface area contributed by atoms with E-state index in [2.05, 4.69) is 30.9 Å². The van der Waals surface area contributed by atoms with Gasteiger partial charge in [0.25, 0.3) is 0 Å². The normalized spacial score (nSPS) is 24.8. The number of hydrogen-bond donors (Lipinski definition) is 0. The van der Waals surface area contributed by atoms with E-state index >= 15 is 0 Å². The molecule has 2 heterocycles. The fourth-order valence-corrected chi connectivity index (χ4v) is 3.79. The van der Waals surface area contributed by atoms with Crippen LogP contribution in [0, 0.1) is 0 Å². The van der Waals surface area contributed by atoms with Crippen molar-refractivity contribution in [2.24, 2.45) is 0 Å². The Balaban J connectivity index is 1.85. The molecule has 0 saturated carbocycles. The van der Waals surface area contributed by atoms with Gasteiger partial charge in [-0.05, 0) is 24.8 Å². The predicted molar refractivity (Wildman–Crippen MR) is 86.8 cm³/mol. The second-order valence-corrected chi connectivity index (χ2v) is 6.68. The van der Waals surface area contributed by atoms with Crippen LogP contribution in [0.2, 0.25) is 0 Å². The molecule has 2 aliphatic heterocycles. The molecule has 0 N–H and O–H groups in total. The van der Waals surface area contributed by atoms with E-state index in [9.17, 15) is 0 Å². The predicted octanol–water partition coefficient (Wildman–Crippen LogP) is 3.19. The third-order valence-electron chi connectivity index (χ3n) is 4.75. The summed E-state index contributed by atoms with van der Waals surface area (Å²) in [5, 5.41) is 0. The number of fused-ring (bicyclic) bond motifs is 2. The zero-order valence-electron chi connectivity index (χ0n) is 14.1. The van der Waals surface area contributed by atoms with E-state index in [-0.39, 0.29) is 0 Å². The van der Waals surface area contributed by atoms with E-state index in [4.69, 9.17) is 14.2 Å². The molecule has 2 fully saturated rings. The van der Waals surface area contributed by atoms with Crippen molar-refractivity contribution < 1.29 is 14.2 Å². The van der Waals surface area contributed by atoms with Gasteiger partial charge < -0.3 is 14.2 Å². The molecule has 0 amide bonds. The van der Waals surface area contributed by atoms with Crippen LogP contribution in [0.3, 0.4) is 0 Å². The lowest BCUT2D eigenvalue weighted by Gasteiger charge is -2.32. The largest absolute Gasteiger partial charge is 0.496 e. The van der Waals surface area contributed by atoms with E-state index in [0.29, 0.717) is 18.1 Å². The van der Waals surface area contributed by atoms with Crippen molar-refractivity contribution in [3.63, 3.8) is 0 Å². The van der Waals surface area contributed by atoms with Gasteiger partial charge in [0.1, 0.15) is 11.5 Å². The Kier molecular flexibility index (Phi) is 4.59. The average molecular weight is 305 g/mol. The zero-order valence-corrected chi connectivity index (χ0v) is 14.1. The highest BCUT2D eigenvalue weighted by Gasteiger charge is 2.34. The Morgan fingerprint density at radius 3 is 2.36 bits per heavy atom. The van der Waals surface area contributed by atoms with Gasteiger partial charge in [-0.1, -0.05) is 19.9 Å². The number of benzene rings is 1. The van der Waals surface area contributed by atoms with Crippen LogP contribution in [-0.4, -0.2) is 44.4 Å². The van der Waals surface area contributed by atoms with Crippen LogP contribution in [0.5, 0.6) is 11.5 Å². The van der Waals surface area contributed by atoms with Gasteiger partial charge in [-0.25, -0.2) is 0 Å². The lowest BCUT2D eigenvalue weighted by Crippen LogP contribution is -2.42. The van der Waals surface area contributed by atoms with Crippen LogP contribution in [0.4, 0.5) is 0 Å². The molecule has 2 aliphatic rings. The number of likely N-dealkylation sites (tertiary alicyclic amines) is 1. The molecule has 1 aromatic rings. The molecule has 1 aromatic carbocycles. The maximum Gasteiger partial charge on any atom is 0.130 e. The van der Waals surface area contributed by atoms with Gasteiger partial charge in [-0.3, -0.25) is 4.90 Å². The van der Waals surface area contributed by atoms with Gasteiger partial charge in [0.05, 0.1) is 26.4 Å². The van der Waals surface area contributed by atoms with E-state index in [0.717, 1.165) is 31.1 Å². The molecule has 0 aromatic heterocycles. The minimum Gasteiger partial charge on any atom is -0.496 e. The van der Waals surface area contributed by atoms with Crippen LogP contribution < -0.4 is 9.47 Å². The highest BCUT2D eigenvalue weighted by atomic mass is 16.5. The number of rotatable bonds is 5. The van der Waals surface area contributed by atoms with Gasteiger partial charge in [0.2, 0.25) is 0 Å². The van der Waals surface area contributed by atoms with Crippen LogP contribution in [-0.2, 0) is 11.3 Å². The van der Waals surface area contributed by atoms with Crippen LogP contribution in [0.1, 0.15) is 43.7 Å². The summed E-state index contributed by atoms with van der Waals surface area (Å²) < 4.78 is 17.2. The van der Waals surface area contributed by atoms with Gasteiger partial charge >= 0.3 is 0 Å². The molecule has 3 rings (SSSR count). The fourth-order valence-electron chi connectivity index (χ4n) is 3.79. The van der Waals surface area contributed by atoms with Crippen molar-refractivity contribution >= 4 is 0 Å². The minimum absolute atomic E-state index is 0.366. The smallest absolute Gasteiger partial charge is 0.130 e. The summed E-state index contributed by atoms with van der Waals surface area (Å²) in [7, 11) is 3.48. The summed E-state index contributed by atoms with van der Waals surface area (Å²) in [5.41, 5.74) is 2.41. The molecule has 4 nitrogen and oxygen atoms in total. The first-order valence-corrected chi connectivity index (χ1v) is 8.24. The highest BCUT2D eigenvalue weighted by molar-refractivity contribution is 5.51. The summed E-state index contributed by atoms with van der Waals surface area (Å²) >= 11 is 0. The fraction of sp³-hybridized carbons (Fsp3) is 0.667. The number of methoxy groups -OCH3 is 2. The molecule has 2 bridgehead atoms. The first kappa shape index (κ1) is 15.6. The SMILES string of the molecule is COc1ccc(CN2CC3CCC(C2)O3)c(OC)c1C(C)C. The van der Waals surface area contributed by atoms with Crippen molar-refractivity contribution in [3.05, 3.63) is 23.3 Å². The molecule has 4 heteroatoms. The Bertz CT molecular complexity index is 517. The van der Waals surface area contributed by atoms with E-state index < -0.39 is 0 Å². The van der Waals surface area contributed by atoms with Crippen LogP contribution in [0.25, 0.3) is 0 Å². The maximum absolute atomic E-state index is 5.93. The third-order valence-corrected chi connectivity index (χ3v) is 4.75. The first-order valence-electron chi connectivity index (χ1n) is 8.24. The molecule has 2 unspecified atom stereocenters. The lowest BCUT2D eigenvalue weighted by molar-refractivity contribution is -0.0412. The number of nitrogens with zero attached hydrogens (tertiary/aromatic N) is 1. The quantitative estimate of drug-likeness (QED) is 0.836. The van der Waals surface area contributed by atoms with Crippen molar-refractivity contribution in [1.82, 2.24) is 4.90 Å². The summed E-state index contributed by atoms with van der Waals surface area (Å²) in [5.74, 6) is 2.26. The Hall–Kier alpha value is -1.26. The van der Waals surface area contributed by atoms with Gasteiger partial charge in [0, 0.05) is 30.8 Å². The summed E-state index contributed by atoms with van der Waals surface area (Å²) in [6.45, 7) is 7.34. The Morgan fingerprint density at radius 1 is 1.14 bits per heavy atom. The summed E-state index contributed by atoms with van der Waals surface area (Å²) in [4.78, 5) is 2.50. The van der Waals surface area contributed by atoms with Crippen molar-refractivity contribution in [2.45, 2.75) is 51.4 Å². The number of hydrogen-bond acceptors (Lipinski definition) is 4. The average Bonchev–Trinajstić information content (AvgIpc) is 2.85. The lowest BCUT2D eigenvalue weighted by atomic mass is 9.97. The molecule has 0 radical (unpaired) electrons. The Labute approximate surface area is 133 Å². The third kappa shape index (κ3) is 2.95. The monoisotopic (exact) mass is 305 g/mol. The van der Waals surface area contributed by atoms with Gasteiger partial charge in [-0.2, -0.15) is 0 Å². The van der Waals surface area contributed by atoms with Crippen molar-refractivity contribution in [1.29, 1.82) is 0 Å². The maximum atomic E-state index is 5.93. The second-order valence-electron chi connectivity index (χ2n) is 6.68. The molecule has 2 saturated heterocycles. The van der Waals surface area contributed by atoms with Crippen LogP contribution >= 0.6 is 0 Å². The van der Waals surface area contributed by atoms with E-state index in [1.807, 2.05) is 0 Å². The van der Waals surface area contributed by atoms with E-state index in [1.54, 1.807) is 14.2 Å². The molecule has 0 aliphatic carbocycles. The molecule has 22 heavy (non-hydrogen) atoms. The topological polar surface area (TPSA) is 30.9 Å². The minimum atomic E-state index is 0.366. The molecular weight excluding hydrogens is 278 g/mol. The summed E-state index contributed by atoms with van der Waals surface area (Å²) in [6, 6.07) is 4.21. The molecule has 2 atom stereocenters. The van der Waals surface area contributed by atoms with Crippen molar-refractivity contribution in [2.75, 3.05) is 27.3 Å². The standard InChI is InChI=1S/C18H27NO3/c1-12(2)17-16(20-3)8-5-13(18(17)21-4)9-19-10-14-6-7-15(11-19)22-14/h5,8,12,14-15H,6-7,9-11H2,1-4H3. The highest BCUT2D eigenvalue weighted by Crippen LogP contribution is 2.38.